The number of aromatic nitrogens is 1. The number of anilines is 1. The van der Waals surface area contributed by atoms with Crippen molar-refractivity contribution >= 4 is 23.3 Å². The van der Waals surface area contributed by atoms with E-state index in [9.17, 15) is 4.79 Å². The Bertz CT molecular complexity index is 327. The minimum atomic E-state index is -0.197. The zero-order valence-corrected chi connectivity index (χ0v) is 8.14. The fourth-order valence-corrected chi connectivity index (χ4v) is 1.15. The third kappa shape index (κ3) is 2.09. The summed E-state index contributed by atoms with van der Waals surface area (Å²) in [6.45, 7) is 0. The van der Waals surface area contributed by atoms with Crippen molar-refractivity contribution in [3.8, 4) is 0 Å². The van der Waals surface area contributed by atoms with E-state index in [1.807, 2.05) is 0 Å². The highest BCUT2D eigenvalue weighted by molar-refractivity contribution is 6.33. The van der Waals surface area contributed by atoms with Crippen LogP contribution in [0.5, 0.6) is 0 Å². The molecule has 0 radical (unpaired) electrons. The first-order valence-electron chi connectivity index (χ1n) is 3.74. The highest BCUT2D eigenvalue weighted by Gasteiger charge is 2.06. The number of nitrogens with zero attached hydrogens (tertiary/aromatic N) is 1. The van der Waals surface area contributed by atoms with Crippen LogP contribution in [0, 0.1) is 0 Å². The molecule has 0 bridgehead atoms. The first-order chi connectivity index (χ1) is 6.19. The Morgan fingerprint density at radius 1 is 1.54 bits per heavy atom. The summed E-state index contributed by atoms with van der Waals surface area (Å²) >= 11 is 5.83. The van der Waals surface area contributed by atoms with E-state index < -0.39 is 0 Å². The first-order valence-corrected chi connectivity index (χ1v) is 4.12. The molecule has 0 aliphatic heterocycles. The summed E-state index contributed by atoms with van der Waals surface area (Å²) in [5.74, 6) is 0.367. The molecule has 0 fully saturated rings. The smallest absolute Gasteiger partial charge is 0.252 e. The molecule has 1 heterocycles. The van der Waals surface area contributed by atoms with E-state index in [1.165, 1.54) is 6.20 Å². The van der Waals surface area contributed by atoms with Gasteiger partial charge in [-0.1, -0.05) is 11.6 Å². The molecule has 13 heavy (non-hydrogen) atoms. The van der Waals surface area contributed by atoms with Crippen molar-refractivity contribution in [1.82, 2.24) is 10.3 Å². The summed E-state index contributed by atoms with van der Waals surface area (Å²) in [4.78, 5) is 15.1. The van der Waals surface area contributed by atoms with Crippen LogP contribution in [0.2, 0.25) is 5.02 Å². The van der Waals surface area contributed by atoms with Gasteiger partial charge in [-0.05, 0) is 6.07 Å². The lowest BCUT2D eigenvalue weighted by molar-refractivity contribution is 0.0963. The average Bonchev–Trinajstić information content (AvgIpc) is 2.16. The lowest BCUT2D eigenvalue weighted by Crippen LogP contribution is -2.18. The van der Waals surface area contributed by atoms with Gasteiger partial charge >= 0.3 is 0 Å². The molecule has 2 N–H and O–H groups in total. The third-order valence-corrected chi connectivity index (χ3v) is 1.86. The van der Waals surface area contributed by atoms with Crippen LogP contribution >= 0.6 is 11.6 Å². The SMILES string of the molecule is CNC(=O)c1cnc(NC)c(Cl)c1. The molecule has 0 aliphatic rings. The second-order valence-electron chi connectivity index (χ2n) is 2.38. The molecule has 1 rings (SSSR count). The number of rotatable bonds is 2. The molecule has 1 aromatic heterocycles. The molecular weight excluding hydrogens is 190 g/mol. The molecule has 70 valence electrons. The van der Waals surface area contributed by atoms with Gasteiger partial charge in [0.2, 0.25) is 0 Å². The predicted octanol–water partition coefficient (Wildman–Crippen LogP) is 1.14. The second kappa shape index (κ2) is 4.09. The van der Waals surface area contributed by atoms with Crippen LogP contribution in [-0.2, 0) is 0 Å². The Morgan fingerprint density at radius 2 is 2.23 bits per heavy atom. The maximum Gasteiger partial charge on any atom is 0.252 e. The number of halogens is 1. The summed E-state index contributed by atoms with van der Waals surface area (Å²) in [6.07, 6.45) is 1.47. The van der Waals surface area contributed by atoms with Crippen molar-refractivity contribution in [2.45, 2.75) is 0 Å². The highest BCUT2D eigenvalue weighted by Crippen LogP contribution is 2.18. The van der Waals surface area contributed by atoms with Gasteiger partial charge < -0.3 is 10.6 Å². The van der Waals surface area contributed by atoms with E-state index >= 15 is 0 Å². The number of carbonyl (C=O) groups is 1. The lowest BCUT2D eigenvalue weighted by Gasteiger charge is -2.03. The van der Waals surface area contributed by atoms with Crippen molar-refractivity contribution in [2.75, 3.05) is 19.4 Å². The number of amides is 1. The Labute approximate surface area is 81.3 Å². The highest BCUT2D eigenvalue weighted by atomic mass is 35.5. The number of pyridine rings is 1. The molecule has 1 aromatic rings. The van der Waals surface area contributed by atoms with Crippen molar-refractivity contribution in [1.29, 1.82) is 0 Å². The fourth-order valence-electron chi connectivity index (χ4n) is 0.890. The minimum absolute atomic E-state index is 0.197. The van der Waals surface area contributed by atoms with Crippen LogP contribution in [0.4, 0.5) is 5.82 Å². The Morgan fingerprint density at radius 3 is 2.69 bits per heavy atom. The number of nitrogens with one attached hydrogen (secondary N) is 2. The number of hydrogen-bond acceptors (Lipinski definition) is 3. The Kier molecular flexibility index (Phi) is 3.08. The van der Waals surface area contributed by atoms with Crippen LogP contribution in [0.3, 0.4) is 0 Å². The maximum atomic E-state index is 11.1. The van der Waals surface area contributed by atoms with Gasteiger partial charge in [0, 0.05) is 20.3 Å². The molecule has 4 nitrogen and oxygen atoms in total. The third-order valence-electron chi connectivity index (χ3n) is 1.57. The van der Waals surface area contributed by atoms with Crippen LogP contribution in [0.15, 0.2) is 12.3 Å². The van der Waals surface area contributed by atoms with E-state index in [2.05, 4.69) is 15.6 Å². The lowest BCUT2D eigenvalue weighted by atomic mass is 10.2. The van der Waals surface area contributed by atoms with E-state index in [0.717, 1.165) is 0 Å². The molecule has 0 spiro atoms. The topological polar surface area (TPSA) is 54.0 Å². The van der Waals surface area contributed by atoms with Crippen LogP contribution in [-0.4, -0.2) is 25.0 Å². The normalized spacial score (nSPS) is 9.46. The summed E-state index contributed by atoms with van der Waals surface area (Å²) < 4.78 is 0. The summed E-state index contributed by atoms with van der Waals surface area (Å²) in [6, 6.07) is 1.57. The largest absolute Gasteiger partial charge is 0.372 e. The van der Waals surface area contributed by atoms with Crippen molar-refractivity contribution in [3.63, 3.8) is 0 Å². The van der Waals surface area contributed by atoms with Gasteiger partial charge in [-0.25, -0.2) is 4.98 Å². The Balaban J connectivity index is 3.02. The molecule has 0 saturated heterocycles. The molecule has 0 atom stereocenters. The maximum absolute atomic E-state index is 11.1. The molecular formula is C8H10ClN3O. The van der Waals surface area contributed by atoms with E-state index in [1.54, 1.807) is 20.2 Å². The van der Waals surface area contributed by atoms with Crippen molar-refractivity contribution in [2.24, 2.45) is 0 Å². The van der Waals surface area contributed by atoms with Gasteiger partial charge in [0.25, 0.3) is 5.91 Å². The average molecular weight is 200 g/mol. The van der Waals surface area contributed by atoms with Gasteiger partial charge in [0.1, 0.15) is 5.82 Å². The van der Waals surface area contributed by atoms with E-state index in [4.69, 9.17) is 11.6 Å². The molecule has 1 amide bonds. The molecule has 0 saturated carbocycles. The van der Waals surface area contributed by atoms with Crippen molar-refractivity contribution < 1.29 is 4.79 Å². The molecule has 0 unspecified atom stereocenters. The molecule has 0 aromatic carbocycles. The van der Waals surface area contributed by atoms with Gasteiger partial charge in [0.05, 0.1) is 10.6 Å². The van der Waals surface area contributed by atoms with Crippen LogP contribution in [0.25, 0.3) is 0 Å². The van der Waals surface area contributed by atoms with E-state index in [-0.39, 0.29) is 5.91 Å². The summed E-state index contributed by atoms with van der Waals surface area (Å²) in [5, 5.41) is 5.73. The monoisotopic (exact) mass is 199 g/mol. The van der Waals surface area contributed by atoms with Gasteiger partial charge in [0.15, 0.2) is 0 Å². The van der Waals surface area contributed by atoms with Gasteiger partial charge in [-0.2, -0.15) is 0 Å². The summed E-state index contributed by atoms with van der Waals surface area (Å²) in [5.41, 5.74) is 0.450. The number of carbonyl (C=O) groups excluding carboxylic acids is 1. The van der Waals surface area contributed by atoms with Gasteiger partial charge in [-0.15, -0.1) is 0 Å². The van der Waals surface area contributed by atoms with Crippen LogP contribution < -0.4 is 10.6 Å². The quantitative estimate of drug-likeness (QED) is 0.751. The Hall–Kier alpha value is -1.29. The standard InChI is InChI=1S/C8H10ClN3O/c1-10-7-6(9)3-5(4-12-7)8(13)11-2/h3-4H,1-2H3,(H,10,12)(H,11,13). The zero-order chi connectivity index (χ0) is 9.84. The van der Waals surface area contributed by atoms with E-state index in [0.29, 0.717) is 16.4 Å². The first kappa shape index (κ1) is 9.80. The zero-order valence-electron chi connectivity index (χ0n) is 7.39. The minimum Gasteiger partial charge on any atom is -0.372 e. The van der Waals surface area contributed by atoms with Gasteiger partial charge in [-0.3, -0.25) is 4.79 Å². The molecule has 5 heteroatoms. The molecule has 0 aliphatic carbocycles. The van der Waals surface area contributed by atoms with Crippen LogP contribution in [0.1, 0.15) is 10.4 Å². The second-order valence-corrected chi connectivity index (χ2v) is 2.79. The number of hydrogen-bond donors (Lipinski definition) is 2. The predicted molar refractivity (Wildman–Crippen MR) is 52.2 cm³/mol. The van der Waals surface area contributed by atoms with Crippen molar-refractivity contribution in [3.05, 3.63) is 22.8 Å². The summed E-state index contributed by atoms with van der Waals surface area (Å²) in [7, 11) is 3.27. The fraction of sp³-hybridized carbons (Fsp3) is 0.250.